The maximum atomic E-state index is 2.29. The Morgan fingerprint density at radius 1 is 0.588 bits per heavy atom. The molecule has 0 rings (SSSR count). The van der Waals surface area contributed by atoms with Crippen LogP contribution in [-0.2, 0) is 0 Å². The van der Waals surface area contributed by atoms with Crippen molar-refractivity contribution in [1.29, 1.82) is 0 Å². The summed E-state index contributed by atoms with van der Waals surface area (Å²) in [6, 6.07) is 0. The highest BCUT2D eigenvalue weighted by Gasteiger charge is 2.04. The molecule has 17 heavy (non-hydrogen) atoms. The minimum Gasteiger partial charge on any atom is -1.00 e. The van der Waals surface area contributed by atoms with Crippen LogP contribution in [0.2, 0.25) is 0 Å². The van der Waals surface area contributed by atoms with Crippen molar-refractivity contribution < 1.29 is 21.5 Å². The molecule has 0 aromatic carbocycles. The van der Waals surface area contributed by atoms with E-state index in [9.17, 15) is 0 Å². The summed E-state index contributed by atoms with van der Waals surface area (Å²) < 4.78 is 1.12. The number of rotatable bonds is 11. The molecule has 0 saturated carbocycles. The number of quaternary nitrogens is 1. The molecule has 0 unspecified atom stereocenters. The standard InChI is InChI=1S/C15H34N.BrH/c1-5-6-7-8-9-10-11-12-13-14-15-16(2,3)4;/h5-15H2,1-4H3;1H/q+1;/p-1. The van der Waals surface area contributed by atoms with E-state index in [0.717, 1.165) is 4.48 Å². The van der Waals surface area contributed by atoms with Crippen LogP contribution in [0, 0.1) is 0 Å². The van der Waals surface area contributed by atoms with E-state index >= 15 is 0 Å². The van der Waals surface area contributed by atoms with Crippen LogP contribution in [0.1, 0.15) is 71.1 Å². The molecule has 0 spiro atoms. The molecule has 2 heteroatoms. The summed E-state index contributed by atoms with van der Waals surface area (Å²) in [5.74, 6) is 0. The van der Waals surface area contributed by atoms with Crippen molar-refractivity contribution in [3.8, 4) is 0 Å². The molecule has 0 fully saturated rings. The van der Waals surface area contributed by atoms with Crippen molar-refractivity contribution in [3.05, 3.63) is 0 Å². The second-order valence-corrected chi connectivity index (χ2v) is 6.20. The average Bonchev–Trinajstić information content (AvgIpc) is 2.19. The second kappa shape index (κ2) is 12.9. The van der Waals surface area contributed by atoms with E-state index < -0.39 is 0 Å². The summed E-state index contributed by atoms with van der Waals surface area (Å²) in [4.78, 5) is 0. The Morgan fingerprint density at radius 2 is 0.941 bits per heavy atom. The Kier molecular flexibility index (Phi) is 15.0. The van der Waals surface area contributed by atoms with Gasteiger partial charge in [0.1, 0.15) is 0 Å². The second-order valence-electron chi connectivity index (χ2n) is 6.20. The lowest BCUT2D eigenvalue weighted by Crippen LogP contribution is -3.00. The van der Waals surface area contributed by atoms with Crippen LogP contribution in [0.15, 0.2) is 0 Å². The molecule has 0 amide bonds. The first-order chi connectivity index (χ1) is 7.56. The van der Waals surface area contributed by atoms with Gasteiger partial charge in [-0.25, -0.2) is 0 Å². The number of halogens is 1. The topological polar surface area (TPSA) is 0 Å². The molecule has 0 heterocycles. The van der Waals surface area contributed by atoms with Gasteiger partial charge in [0.2, 0.25) is 0 Å². The fraction of sp³-hybridized carbons (Fsp3) is 1.00. The minimum atomic E-state index is 0. The molecule has 0 aromatic heterocycles. The Bertz CT molecular complexity index is 140. The van der Waals surface area contributed by atoms with Crippen LogP contribution in [0.5, 0.6) is 0 Å². The summed E-state index contributed by atoms with van der Waals surface area (Å²) in [6.07, 6.45) is 14.4. The van der Waals surface area contributed by atoms with Crippen LogP contribution in [0.3, 0.4) is 0 Å². The van der Waals surface area contributed by atoms with E-state index in [-0.39, 0.29) is 17.0 Å². The molecule has 0 saturated heterocycles. The van der Waals surface area contributed by atoms with Gasteiger partial charge >= 0.3 is 0 Å². The summed E-state index contributed by atoms with van der Waals surface area (Å²) in [5, 5.41) is 0. The highest BCUT2D eigenvalue weighted by atomic mass is 79.9. The molecular formula is C15H34BrN. The van der Waals surface area contributed by atoms with E-state index in [0.29, 0.717) is 0 Å². The lowest BCUT2D eigenvalue weighted by molar-refractivity contribution is -0.870. The first-order valence-corrected chi connectivity index (χ1v) is 7.36. The van der Waals surface area contributed by atoms with Crippen LogP contribution in [0.25, 0.3) is 0 Å². The Balaban J connectivity index is 0. The van der Waals surface area contributed by atoms with Gasteiger partial charge in [0, 0.05) is 0 Å². The van der Waals surface area contributed by atoms with Gasteiger partial charge in [0.05, 0.1) is 27.7 Å². The lowest BCUT2D eigenvalue weighted by Gasteiger charge is -2.23. The largest absolute Gasteiger partial charge is 1.00 e. The highest BCUT2D eigenvalue weighted by molar-refractivity contribution is 4.47. The Hall–Kier alpha value is 0.440. The Labute approximate surface area is 120 Å². The highest BCUT2D eigenvalue weighted by Crippen LogP contribution is 2.10. The van der Waals surface area contributed by atoms with E-state index in [1.807, 2.05) is 0 Å². The molecule has 0 aliphatic heterocycles. The van der Waals surface area contributed by atoms with Crippen molar-refractivity contribution >= 4 is 0 Å². The predicted octanol–water partition coefficient (Wildman–Crippen LogP) is 1.62. The van der Waals surface area contributed by atoms with Crippen LogP contribution < -0.4 is 17.0 Å². The molecule has 106 valence electrons. The van der Waals surface area contributed by atoms with Crippen LogP contribution in [0.4, 0.5) is 0 Å². The minimum absolute atomic E-state index is 0. The zero-order chi connectivity index (χ0) is 12.3. The fourth-order valence-corrected chi connectivity index (χ4v) is 2.07. The average molecular weight is 308 g/mol. The van der Waals surface area contributed by atoms with Crippen molar-refractivity contribution in [1.82, 2.24) is 0 Å². The Morgan fingerprint density at radius 3 is 1.29 bits per heavy atom. The lowest BCUT2D eigenvalue weighted by atomic mass is 10.1. The van der Waals surface area contributed by atoms with Crippen molar-refractivity contribution in [2.24, 2.45) is 0 Å². The van der Waals surface area contributed by atoms with Gasteiger partial charge in [-0.3, -0.25) is 0 Å². The van der Waals surface area contributed by atoms with Gasteiger partial charge in [0.15, 0.2) is 0 Å². The zero-order valence-corrected chi connectivity index (χ0v) is 14.2. The van der Waals surface area contributed by atoms with Gasteiger partial charge in [-0.15, -0.1) is 0 Å². The normalized spacial score (nSPS) is 11.3. The number of unbranched alkanes of at least 4 members (excludes halogenated alkanes) is 9. The quantitative estimate of drug-likeness (QED) is 0.402. The van der Waals surface area contributed by atoms with Crippen LogP contribution >= 0.6 is 0 Å². The van der Waals surface area contributed by atoms with Gasteiger partial charge in [-0.2, -0.15) is 0 Å². The van der Waals surface area contributed by atoms with E-state index in [2.05, 4.69) is 28.1 Å². The summed E-state index contributed by atoms with van der Waals surface area (Å²) in [5.41, 5.74) is 0. The van der Waals surface area contributed by atoms with Crippen molar-refractivity contribution in [2.45, 2.75) is 71.1 Å². The fourth-order valence-electron chi connectivity index (χ4n) is 2.07. The maximum Gasteiger partial charge on any atom is 0.0780 e. The van der Waals surface area contributed by atoms with E-state index in [4.69, 9.17) is 0 Å². The van der Waals surface area contributed by atoms with Gasteiger partial charge in [-0.05, 0) is 12.8 Å². The zero-order valence-electron chi connectivity index (χ0n) is 12.6. The third-order valence-electron chi connectivity index (χ3n) is 3.18. The number of hydrogen-bond acceptors (Lipinski definition) is 0. The van der Waals surface area contributed by atoms with E-state index in [1.165, 1.54) is 70.8 Å². The molecule has 1 nitrogen and oxygen atoms in total. The van der Waals surface area contributed by atoms with Crippen molar-refractivity contribution in [2.75, 3.05) is 27.7 Å². The SMILES string of the molecule is CCCCCCCCCCCC[N+](C)(C)C.[Br-]. The molecule has 0 N–H and O–H groups in total. The molecule has 0 aliphatic rings. The molecule has 0 bridgehead atoms. The summed E-state index contributed by atoms with van der Waals surface area (Å²) >= 11 is 0. The maximum absolute atomic E-state index is 2.29. The third kappa shape index (κ3) is 19.0. The van der Waals surface area contributed by atoms with Crippen molar-refractivity contribution in [3.63, 3.8) is 0 Å². The molecule has 0 radical (unpaired) electrons. The first-order valence-electron chi connectivity index (χ1n) is 7.36. The first kappa shape index (κ1) is 19.8. The predicted molar refractivity (Wildman–Crippen MR) is 74.7 cm³/mol. The molecule has 0 aromatic rings. The number of hydrogen-bond donors (Lipinski definition) is 0. The molecular weight excluding hydrogens is 274 g/mol. The van der Waals surface area contributed by atoms with Gasteiger partial charge < -0.3 is 21.5 Å². The third-order valence-corrected chi connectivity index (χ3v) is 3.18. The summed E-state index contributed by atoms with van der Waals surface area (Å²) in [6.45, 7) is 3.62. The number of nitrogens with zero attached hydrogens (tertiary/aromatic N) is 1. The van der Waals surface area contributed by atoms with E-state index in [1.54, 1.807) is 0 Å². The smallest absolute Gasteiger partial charge is 0.0780 e. The monoisotopic (exact) mass is 307 g/mol. The van der Waals surface area contributed by atoms with Gasteiger partial charge in [0.25, 0.3) is 0 Å². The van der Waals surface area contributed by atoms with Gasteiger partial charge in [-0.1, -0.05) is 58.3 Å². The molecule has 0 atom stereocenters. The summed E-state index contributed by atoms with van der Waals surface area (Å²) in [7, 11) is 6.86. The molecule has 0 aliphatic carbocycles. The van der Waals surface area contributed by atoms with Crippen LogP contribution in [-0.4, -0.2) is 32.2 Å².